The van der Waals surface area contributed by atoms with Gasteiger partial charge in [0.2, 0.25) is 0 Å². The minimum atomic E-state index is 0.270. The van der Waals surface area contributed by atoms with Gasteiger partial charge in [-0.05, 0) is 58.5 Å². The standard InChI is InChI=1S/C22H19ClO/c1-2-21(16-6-4-3-5-7-16)22(17-8-12-19(23)13-9-17)18-10-14-20(24)15-11-18/h3-15,24H,2H2,1H3/b22-21-. The maximum Gasteiger partial charge on any atom is 0.115 e. The van der Waals surface area contributed by atoms with Crippen LogP contribution >= 0.6 is 11.6 Å². The fourth-order valence-corrected chi connectivity index (χ4v) is 3.05. The number of allylic oxidation sites excluding steroid dienone is 1. The lowest BCUT2D eigenvalue weighted by Gasteiger charge is -2.16. The average Bonchev–Trinajstić information content (AvgIpc) is 2.62. The maximum absolute atomic E-state index is 9.62. The molecule has 3 aromatic carbocycles. The molecule has 0 saturated heterocycles. The molecule has 1 nitrogen and oxygen atoms in total. The zero-order chi connectivity index (χ0) is 16.9. The molecule has 24 heavy (non-hydrogen) atoms. The Hall–Kier alpha value is -2.51. The smallest absolute Gasteiger partial charge is 0.115 e. The van der Waals surface area contributed by atoms with E-state index >= 15 is 0 Å². The molecule has 120 valence electrons. The second kappa shape index (κ2) is 7.37. The zero-order valence-electron chi connectivity index (χ0n) is 13.5. The highest BCUT2D eigenvalue weighted by atomic mass is 35.5. The summed E-state index contributed by atoms with van der Waals surface area (Å²) in [6.45, 7) is 2.17. The first kappa shape index (κ1) is 16.4. The molecule has 0 unspecified atom stereocenters. The third kappa shape index (κ3) is 3.52. The van der Waals surface area contributed by atoms with Crippen LogP contribution < -0.4 is 0 Å². The van der Waals surface area contributed by atoms with Gasteiger partial charge in [0.05, 0.1) is 0 Å². The molecule has 1 N–H and O–H groups in total. The predicted molar refractivity (Wildman–Crippen MR) is 102 cm³/mol. The van der Waals surface area contributed by atoms with E-state index in [1.807, 2.05) is 42.5 Å². The Morgan fingerprint density at radius 2 is 1.29 bits per heavy atom. The van der Waals surface area contributed by atoms with Gasteiger partial charge in [-0.1, -0.05) is 73.1 Å². The molecule has 0 aliphatic rings. The topological polar surface area (TPSA) is 20.2 Å². The largest absolute Gasteiger partial charge is 0.508 e. The molecule has 0 spiro atoms. The molecule has 0 saturated carbocycles. The molecule has 0 aliphatic heterocycles. The number of aromatic hydroxyl groups is 1. The molecule has 0 bridgehead atoms. The molecule has 3 aromatic rings. The van der Waals surface area contributed by atoms with Gasteiger partial charge in [-0.15, -0.1) is 0 Å². The number of halogens is 1. The summed E-state index contributed by atoms with van der Waals surface area (Å²) in [5.74, 6) is 0.270. The van der Waals surface area contributed by atoms with Gasteiger partial charge in [0.15, 0.2) is 0 Å². The van der Waals surface area contributed by atoms with Crippen LogP contribution in [0.2, 0.25) is 5.02 Å². The fraction of sp³-hybridized carbons (Fsp3) is 0.0909. The van der Waals surface area contributed by atoms with Crippen molar-refractivity contribution in [2.75, 3.05) is 0 Å². The first-order valence-corrected chi connectivity index (χ1v) is 8.40. The highest BCUT2D eigenvalue weighted by Crippen LogP contribution is 2.35. The zero-order valence-corrected chi connectivity index (χ0v) is 14.3. The molecular formula is C22H19ClO. The van der Waals surface area contributed by atoms with Gasteiger partial charge in [0.25, 0.3) is 0 Å². The fourth-order valence-electron chi connectivity index (χ4n) is 2.92. The van der Waals surface area contributed by atoms with Crippen LogP contribution in [0.4, 0.5) is 0 Å². The van der Waals surface area contributed by atoms with Gasteiger partial charge in [0.1, 0.15) is 5.75 Å². The van der Waals surface area contributed by atoms with Crippen LogP contribution in [0.3, 0.4) is 0 Å². The third-order valence-electron chi connectivity index (χ3n) is 4.07. The van der Waals surface area contributed by atoms with Crippen molar-refractivity contribution in [2.45, 2.75) is 13.3 Å². The van der Waals surface area contributed by atoms with E-state index in [2.05, 4.69) is 31.2 Å². The number of benzene rings is 3. The monoisotopic (exact) mass is 334 g/mol. The van der Waals surface area contributed by atoms with E-state index in [-0.39, 0.29) is 5.75 Å². The maximum atomic E-state index is 9.62. The minimum Gasteiger partial charge on any atom is -0.508 e. The van der Waals surface area contributed by atoms with E-state index in [0.29, 0.717) is 0 Å². The summed E-state index contributed by atoms with van der Waals surface area (Å²) in [6, 6.07) is 25.7. The Kier molecular flexibility index (Phi) is 5.02. The first-order chi connectivity index (χ1) is 11.7. The molecule has 0 aromatic heterocycles. The number of hydrogen-bond donors (Lipinski definition) is 1. The van der Waals surface area contributed by atoms with Crippen molar-refractivity contribution in [2.24, 2.45) is 0 Å². The number of phenols is 1. The summed E-state index contributed by atoms with van der Waals surface area (Å²) < 4.78 is 0. The molecule has 3 rings (SSSR count). The summed E-state index contributed by atoms with van der Waals surface area (Å²) in [4.78, 5) is 0. The Morgan fingerprint density at radius 3 is 1.83 bits per heavy atom. The van der Waals surface area contributed by atoms with Crippen molar-refractivity contribution in [1.29, 1.82) is 0 Å². The minimum absolute atomic E-state index is 0.270. The molecular weight excluding hydrogens is 316 g/mol. The molecule has 0 radical (unpaired) electrons. The van der Waals surface area contributed by atoms with Crippen LogP contribution in [0.1, 0.15) is 30.0 Å². The van der Waals surface area contributed by atoms with Crippen molar-refractivity contribution >= 4 is 22.7 Å². The Balaban J connectivity index is 2.26. The first-order valence-electron chi connectivity index (χ1n) is 8.03. The molecule has 0 aliphatic carbocycles. The molecule has 0 fully saturated rings. The van der Waals surface area contributed by atoms with Gasteiger partial charge in [0, 0.05) is 5.02 Å². The highest BCUT2D eigenvalue weighted by Gasteiger charge is 2.13. The van der Waals surface area contributed by atoms with Gasteiger partial charge in [-0.3, -0.25) is 0 Å². The van der Waals surface area contributed by atoms with Crippen LogP contribution in [-0.2, 0) is 0 Å². The summed E-state index contributed by atoms with van der Waals surface area (Å²) in [5, 5.41) is 10.3. The van der Waals surface area contributed by atoms with Gasteiger partial charge in [-0.25, -0.2) is 0 Å². The Morgan fingerprint density at radius 1 is 0.750 bits per heavy atom. The summed E-state index contributed by atoms with van der Waals surface area (Å²) in [7, 11) is 0. The average molecular weight is 335 g/mol. The molecule has 0 heterocycles. The second-order valence-corrected chi connectivity index (χ2v) is 6.06. The SMILES string of the molecule is CC/C(=C(/c1ccc(O)cc1)c1ccc(Cl)cc1)c1ccccc1. The predicted octanol–water partition coefficient (Wildman–Crippen LogP) is 6.41. The van der Waals surface area contributed by atoms with E-state index in [1.54, 1.807) is 12.1 Å². The van der Waals surface area contributed by atoms with Gasteiger partial charge >= 0.3 is 0 Å². The lowest BCUT2D eigenvalue weighted by molar-refractivity contribution is 0.475. The molecule has 0 atom stereocenters. The second-order valence-electron chi connectivity index (χ2n) is 5.63. The lowest BCUT2D eigenvalue weighted by Crippen LogP contribution is -1.94. The van der Waals surface area contributed by atoms with E-state index in [1.165, 1.54) is 16.7 Å². The van der Waals surface area contributed by atoms with Gasteiger partial charge < -0.3 is 5.11 Å². The summed E-state index contributed by atoms with van der Waals surface area (Å²) in [5.41, 5.74) is 5.84. The van der Waals surface area contributed by atoms with Crippen LogP contribution in [-0.4, -0.2) is 5.11 Å². The Bertz CT molecular complexity index is 784. The van der Waals surface area contributed by atoms with E-state index in [0.717, 1.165) is 22.6 Å². The van der Waals surface area contributed by atoms with Crippen molar-refractivity contribution in [3.63, 3.8) is 0 Å². The van der Waals surface area contributed by atoms with Crippen LogP contribution in [0.5, 0.6) is 5.75 Å². The number of rotatable bonds is 4. The van der Waals surface area contributed by atoms with Crippen LogP contribution in [0.25, 0.3) is 11.1 Å². The highest BCUT2D eigenvalue weighted by molar-refractivity contribution is 6.30. The van der Waals surface area contributed by atoms with Crippen molar-refractivity contribution < 1.29 is 5.11 Å². The molecule has 2 heteroatoms. The van der Waals surface area contributed by atoms with Crippen LogP contribution in [0.15, 0.2) is 78.9 Å². The van der Waals surface area contributed by atoms with E-state index in [4.69, 9.17) is 11.6 Å². The Labute approximate surface area is 147 Å². The van der Waals surface area contributed by atoms with E-state index < -0.39 is 0 Å². The summed E-state index contributed by atoms with van der Waals surface area (Å²) in [6.07, 6.45) is 0.906. The van der Waals surface area contributed by atoms with E-state index in [9.17, 15) is 5.11 Å². The van der Waals surface area contributed by atoms with Crippen molar-refractivity contribution in [3.8, 4) is 5.75 Å². The summed E-state index contributed by atoms with van der Waals surface area (Å²) >= 11 is 6.06. The van der Waals surface area contributed by atoms with Gasteiger partial charge in [-0.2, -0.15) is 0 Å². The number of hydrogen-bond acceptors (Lipinski definition) is 1. The molecule has 0 amide bonds. The van der Waals surface area contributed by atoms with Crippen molar-refractivity contribution in [3.05, 3.63) is 101 Å². The lowest BCUT2D eigenvalue weighted by atomic mass is 9.88. The number of phenolic OH excluding ortho intramolecular Hbond substituents is 1. The normalized spacial score (nSPS) is 11.9. The van der Waals surface area contributed by atoms with Crippen molar-refractivity contribution in [1.82, 2.24) is 0 Å². The third-order valence-corrected chi connectivity index (χ3v) is 4.32. The van der Waals surface area contributed by atoms with Crippen LogP contribution in [0, 0.1) is 0 Å². The quantitative estimate of drug-likeness (QED) is 0.546.